The van der Waals surface area contributed by atoms with Crippen molar-refractivity contribution < 1.29 is 9.90 Å². The zero-order valence-electron chi connectivity index (χ0n) is 5.21. The molecule has 1 rings (SSSR count). The smallest absolute Gasteiger partial charge is 0.125 e. The summed E-state index contributed by atoms with van der Waals surface area (Å²) in [6.45, 7) is 1.41. The summed E-state index contributed by atoms with van der Waals surface area (Å²) < 4.78 is 0. The van der Waals surface area contributed by atoms with Crippen molar-refractivity contribution in [2.24, 2.45) is 5.92 Å². The molecule has 2 unspecified atom stereocenters. The van der Waals surface area contributed by atoms with Crippen LogP contribution in [0.2, 0.25) is 0 Å². The Morgan fingerprint density at radius 3 is 2.89 bits per heavy atom. The van der Waals surface area contributed by atoms with Crippen molar-refractivity contribution in [3.8, 4) is 0 Å². The minimum Gasteiger partial charge on any atom is -0.391 e. The van der Waals surface area contributed by atoms with Gasteiger partial charge in [0.05, 0.1) is 6.10 Å². The largest absolute Gasteiger partial charge is 0.391 e. The molecule has 1 saturated heterocycles. The van der Waals surface area contributed by atoms with Crippen molar-refractivity contribution in [1.82, 2.24) is 5.32 Å². The SMILES string of the molecule is O=CC1CCNCC1O. The van der Waals surface area contributed by atoms with Crippen molar-refractivity contribution in [3.05, 3.63) is 0 Å². The molecular formula is C6H11NO2. The van der Waals surface area contributed by atoms with Gasteiger partial charge in [0, 0.05) is 12.5 Å². The highest BCUT2D eigenvalue weighted by Crippen LogP contribution is 2.08. The third-order valence-electron chi connectivity index (χ3n) is 1.68. The molecule has 1 fully saturated rings. The van der Waals surface area contributed by atoms with Gasteiger partial charge in [-0.15, -0.1) is 0 Å². The topological polar surface area (TPSA) is 49.3 Å². The third kappa shape index (κ3) is 1.50. The second-order valence-electron chi connectivity index (χ2n) is 2.36. The van der Waals surface area contributed by atoms with E-state index in [1.165, 1.54) is 0 Å². The lowest BCUT2D eigenvalue weighted by Crippen LogP contribution is -2.41. The highest BCUT2D eigenvalue weighted by atomic mass is 16.3. The van der Waals surface area contributed by atoms with Crippen molar-refractivity contribution >= 4 is 6.29 Å². The van der Waals surface area contributed by atoms with Gasteiger partial charge in [-0.3, -0.25) is 0 Å². The Hall–Kier alpha value is -0.410. The average molecular weight is 129 g/mol. The second kappa shape index (κ2) is 2.94. The number of piperidine rings is 1. The fourth-order valence-corrected chi connectivity index (χ4v) is 1.02. The maximum absolute atomic E-state index is 10.2. The Bertz CT molecular complexity index is 105. The van der Waals surface area contributed by atoms with Gasteiger partial charge in [0.15, 0.2) is 0 Å². The first-order valence-corrected chi connectivity index (χ1v) is 3.18. The second-order valence-corrected chi connectivity index (χ2v) is 2.36. The molecule has 3 nitrogen and oxygen atoms in total. The monoisotopic (exact) mass is 129 g/mol. The Labute approximate surface area is 54.1 Å². The van der Waals surface area contributed by atoms with E-state index in [2.05, 4.69) is 5.32 Å². The summed E-state index contributed by atoms with van der Waals surface area (Å²) >= 11 is 0. The molecule has 0 spiro atoms. The fourth-order valence-electron chi connectivity index (χ4n) is 1.02. The third-order valence-corrected chi connectivity index (χ3v) is 1.68. The number of carbonyl (C=O) groups is 1. The number of rotatable bonds is 1. The molecule has 0 bridgehead atoms. The number of aliphatic hydroxyl groups excluding tert-OH is 1. The predicted octanol–water partition coefficient (Wildman–Crippen LogP) is -0.844. The van der Waals surface area contributed by atoms with Crippen LogP contribution in [0.1, 0.15) is 6.42 Å². The minimum absolute atomic E-state index is 0.133. The van der Waals surface area contributed by atoms with Crippen LogP contribution >= 0.6 is 0 Å². The molecule has 0 saturated carbocycles. The molecule has 1 aliphatic heterocycles. The van der Waals surface area contributed by atoms with Crippen molar-refractivity contribution in [2.45, 2.75) is 12.5 Å². The first-order chi connectivity index (χ1) is 4.34. The van der Waals surface area contributed by atoms with E-state index in [9.17, 15) is 4.79 Å². The zero-order valence-corrected chi connectivity index (χ0v) is 5.21. The van der Waals surface area contributed by atoms with Crippen LogP contribution in [0.25, 0.3) is 0 Å². The van der Waals surface area contributed by atoms with Gasteiger partial charge < -0.3 is 15.2 Å². The van der Waals surface area contributed by atoms with E-state index in [-0.39, 0.29) is 5.92 Å². The highest BCUT2D eigenvalue weighted by molar-refractivity contribution is 5.54. The molecule has 0 aromatic carbocycles. The van der Waals surface area contributed by atoms with E-state index < -0.39 is 6.10 Å². The summed E-state index contributed by atoms with van der Waals surface area (Å²) in [5.41, 5.74) is 0. The first kappa shape index (κ1) is 6.71. The predicted molar refractivity (Wildman–Crippen MR) is 33.0 cm³/mol. The van der Waals surface area contributed by atoms with Crippen LogP contribution in [0.3, 0.4) is 0 Å². The Morgan fingerprint density at radius 2 is 2.44 bits per heavy atom. The Kier molecular flexibility index (Phi) is 2.19. The van der Waals surface area contributed by atoms with E-state index in [0.29, 0.717) is 6.54 Å². The summed E-state index contributed by atoms with van der Waals surface area (Å²) in [5, 5.41) is 12.1. The normalized spacial score (nSPS) is 36.1. The summed E-state index contributed by atoms with van der Waals surface area (Å²) in [6.07, 6.45) is 1.15. The van der Waals surface area contributed by atoms with Gasteiger partial charge in [0.1, 0.15) is 6.29 Å². The Morgan fingerprint density at radius 1 is 1.67 bits per heavy atom. The maximum atomic E-state index is 10.2. The number of aldehydes is 1. The molecular weight excluding hydrogens is 118 g/mol. The summed E-state index contributed by atoms with van der Waals surface area (Å²) in [6, 6.07) is 0. The van der Waals surface area contributed by atoms with Gasteiger partial charge in [-0.05, 0) is 13.0 Å². The fraction of sp³-hybridized carbons (Fsp3) is 0.833. The van der Waals surface area contributed by atoms with Crippen LogP contribution in [-0.2, 0) is 4.79 Å². The quantitative estimate of drug-likeness (QED) is 0.454. The van der Waals surface area contributed by atoms with E-state index in [1.807, 2.05) is 0 Å². The lowest BCUT2D eigenvalue weighted by atomic mass is 9.97. The molecule has 0 radical (unpaired) electrons. The standard InChI is InChI=1S/C6H11NO2/c8-4-5-1-2-7-3-6(5)9/h4-7,9H,1-3H2. The van der Waals surface area contributed by atoms with Crippen molar-refractivity contribution in [1.29, 1.82) is 0 Å². The molecule has 52 valence electrons. The highest BCUT2D eigenvalue weighted by Gasteiger charge is 2.21. The van der Waals surface area contributed by atoms with Crippen molar-refractivity contribution in [3.63, 3.8) is 0 Å². The lowest BCUT2D eigenvalue weighted by molar-refractivity contribution is -0.115. The molecule has 0 aromatic rings. The molecule has 0 aliphatic carbocycles. The molecule has 2 N–H and O–H groups in total. The van der Waals surface area contributed by atoms with Crippen LogP contribution in [0.5, 0.6) is 0 Å². The molecule has 9 heavy (non-hydrogen) atoms. The van der Waals surface area contributed by atoms with Gasteiger partial charge in [-0.25, -0.2) is 0 Å². The summed E-state index contributed by atoms with van der Waals surface area (Å²) in [5.74, 6) is -0.133. The minimum atomic E-state index is -0.462. The number of hydrogen-bond acceptors (Lipinski definition) is 3. The van der Waals surface area contributed by atoms with Gasteiger partial charge in [-0.2, -0.15) is 0 Å². The van der Waals surface area contributed by atoms with Gasteiger partial charge in [-0.1, -0.05) is 0 Å². The number of β-amino-alcohol motifs (C(OH)–C–C–N with tert-alkyl or cyclic N) is 1. The molecule has 1 heterocycles. The van der Waals surface area contributed by atoms with Crippen LogP contribution in [0, 0.1) is 5.92 Å². The van der Waals surface area contributed by atoms with Crippen LogP contribution in [0.4, 0.5) is 0 Å². The summed E-state index contributed by atoms with van der Waals surface area (Å²) in [7, 11) is 0. The number of hydrogen-bond donors (Lipinski definition) is 2. The zero-order chi connectivity index (χ0) is 6.69. The van der Waals surface area contributed by atoms with Crippen molar-refractivity contribution in [2.75, 3.05) is 13.1 Å². The number of nitrogens with one attached hydrogen (secondary N) is 1. The lowest BCUT2D eigenvalue weighted by Gasteiger charge is -2.23. The van der Waals surface area contributed by atoms with Gasteiger partial charge >= 0.3 is 0 Å². The molecule has 2 atom stereocenters. The maximum Gasteiger partial charge on any atom is 0.125 e. The number of aliphatic hydroxyl groups is 1. The average Bonchev–Trinajstić information content (AvgIpc) is 1.89. The molecule has 1 aliphatic rings. The van der Waals surface area contributed by atoms with Crippen LogP contribution in [0.15, 0.2) is 0 Å². The van der Waals surface area contributed by atoms with Gasteiger partial charge in [0.2, 0.25) is 0 Å². The molecule has 0 amide bonds. The summed E-state index contributed by atoms with van der Waals surface area (Å²) in [4.78, 5) is 10.2. The number of carbonyl (C=O) groups excluding carboxylic acids is 1. The van der Waals surface area contributed by atoms with Crippen LogP contribution < -0.4 is 5.32 Å². The van der Waals surface area contributed by atoms with E-state index in [0.717, 1.165) is 19.3 Å². The van der Waals surface area contributed by atoms with E-state index >= 15 is 0 Å². The molecule has 3 heteroatoms. The first-order valence-electron chi connectivity index (χ1n) is 3.18. The molecule has 0 aromatic heterocycles. The van der Waals surface area contributed by atoms with E-state index in [1.54, 1.807) is 0 Å². The van der Waals surface area contributed by atoms with E-state index in [4.69, 9.17) is 5.11 Å². The Balaban J connectivity index is 2.38. The van der Waals surface area contributed by atoms with Gasteiger partial charge in [0.25, 0.3) is 0 Å². The van der Waals surface area contributed by atoms with Crippen LogP contribution in [-0.4, -0.2) is 30.6 Å².